The molecule has 1 amide bonds. The van der Waals surface area contributed by atoms with Crippen molar-refractivity contribution >= 4 is 33.3 Å². The smallest absolute Gasteiger partial charge is 0.272 e. The maximum Gasteiger partial charge on any atom is 0.272 e. The van der Waals surface area contributed by atoms with Gasteiger partial charge in [-0.3, -0.25) is 9.00 Å². The summed E-state index contributed by atoms with van der Waals surface area (Å²) in [5.74, 6) is -0.183. The van der Waals surface area contributed by atoms with Crippen LogP contribution in [-0.2, 0) is 21.3 Å². The van der Waals surface area contributed by atoms with Gasteiger partial charge >= 0.3 is 0 Å². The first-order chi connectivity index (χ1) is 14.0. The van der Waals surface area contributed by atoms with Crippen molar-refractivity contribution in [3.8, 4) is 0 Å². The third-order valence-corrected chi connectivity index (χ3v) is 7.02. The number of carbonyl (C=O) groups is 1. The lowest BCUT2D eigenvalue weighted by molar-refractivity contribution is 0.0991. The number of fused-ring (bicyclic) bond motifs is 1. The molecule has 0 radical (unpaired) electrons. The van der Waals surface area contributed by atoms with E-state index in [-0.39, 0.29) is 17.0 Å². The van der Waals surface area contributed by atoms with Crippen molar-refractivity contribution in [3.63, 3.8) is 0 Å². The van der Waals surface area contributed by atoms with Gasteiger partial charge in [-0.1, -0.05) is 12.1 Å². The van der Waals surface area contributed by atoms with Gasteiger partial charge in [0.15, 0.2) is 0 Å². The van der Waals surface area contributed by atoms with Crippen LogP contribution in [0.4, 0.5) is 10.1 Å². The Balaban J connectivity index is 1.46. The fourth-order valence-electron chi connectivity index (χ4n) is 3.66. The first-order valence-electron chi connectivity index (χ1n) is 9.63. The van der Waals surface area contributed by atoms with Gasteiger partial charge in [0.1, 0.15) is 11.5 Å². The third-order valence-electron chi connectivity index (χ3n) is 5.19. The molecular formula is C22H23FN2O3S. The van der Waals surface area contributed by atoms with Crippen LogP contribution in [0.3, 0.4) is 0 Å². The normalized spacial score (nSPS) is 16.1. The molecule has 1 atom stereocenters. The number of carbonyl (C=O) groups excluding carboxylic acids is 1. The lowest BCUT2D eigenvalue weighted by Gasteiger charge is -2.21. The lowest BCUT2D eigenvalue weighted by Crippen LogP contribution is -2.25. The number of aromatic nitrogens is 1. The van der Waals surface area contributed by atoms with E-state index in [1.807, 2.05) is 25.1 Å². The summed E-state index contributed by atoms with van der Waals surface area (Å²) in [7, 11) is -0.964. The zero-order valence-electron chi connectivity index (χ0n) is 16.2. The third kappa shape index (κ3) is 4.57. The number of hydrogen-bond donors (Lipinski definition) is 2. The van der Waals surface area contributed by atoms with Crippen LogP contribution in [0, 0.1) is 12.7 Å². The monoisotopic (exact) mass is 414 g/mol. The van der Waals surface area contributed by atoms with E-state index in [9.17, 15) is 13.4 Å². The molecule has 1 fully saturated rings. The molecule has 7 heteroatoms. The summed E-state index contributed by atoms with van der Waals surface area (Å²) in [4.78, 5) is 15.6. The number of nitrogens with one attached hydrogen (secondary N) is 2. The molecule has 1 aromatic heterocycles. The molecule has 1 aliphatic heterocycles. The number of ether oxygens (including phenoxy) is 1. The average Bonchev–Trinajstić information content (AvgIpc) is 3.13. The average molecular weight is 415 g/mol. The number of aromatic amines is 1. The van der Waals surface area contributed by atoms with E-state index in [1.165, 1.54) is 12.1 Å². The fourth-order valence-corrected chi connectivity index (χ4v) is 5.12. The van der Waals surface area contributed by atoms with E-state index in [0.29, 0.717) is 35.9 Å². The quantitative estimate of drug-likeness (QED) is 0.654. The SMILES string of the molecule is Cc1cc(F)cc2[nH]c(C(=O)Nc3cccc(CS(=O)C4CCOCC4)c3)cc12. The van der Waals surface area contributed by atoms with Crippen LogP contribution in [0.15, 0.2) is 42.5 Å². The summed E-state index contributed by atoms with van der Waals surface area (Å²) in [6.07, 6.45) is 1.65. The Kier molecular flexibility index (Phi) is 5.78. The summed E-state index contributed by atoms with van der Waals surface area (Å²) in [6, 6.07) is 12.0. The van der Waals surface area contributed by atoms with Gasteiger partial charge in [0, 0.05) is 51.6 Å². The topological polar surface area (TPSA) is 71.2 Å². The maximum atomic E-state index is 13.6. The number of halogens is 1. The van der Waals surface area contributed by atoms with Gasteiger partial charge in [-0.15, -0.1) is 0 Å². The molecule has 1 unspecified atom stereocenters. The largest absolute Gasteiger partial charge is 0.381 e. The summed E-state index contributed by atoms with van der Waals surface area (Å²) >= 11 is 0. The Morgan fingerprint density at radius 2 is 2.03 bits per heavy atom. The standard InChI is InChI=1S/C22H23FN2O3S/c1-14-9-16(23)11-20-19(14)12-21(25-20)22(26)24-17-4-2-3-15(10-17)13-29(27)18-5-7-28-8-6-18/h2-4,9-12,18,25H,5-8,13H2,1H3,(H,24,26). The summed E-state index contributed by atoms with van der Waals surface area (Å²) < 4.78 is 31.5. The molecular weight excluding hydrogens is 391 g/mol. The highest BCUT2D eigenvalue weighted by atomic mass is 32.2. The predicted octanol–water partition coefficient (Wildman–Crippen LogP) is 4.30. The van der Waals surface area contributed by atoms with Crippen molar-refractivity contribution in [2.24, 2.45) is 0 Å². The lowest BCUT2D eigenvalue weighted by atomic mass is 10.1. The minimum atomic E-state index is -0.964. The highest BCUT2D eigenvalue weighted by Crippen LogP contribution is 2.23. The molecule has 1 saturated heterocycles. The Bertz CT molecular complexity index is 1070. The van der Waals surface area contributed by atoms with Crippen LogP contribution < -0.4 is 5.32 Å². The zero-order chi connectivity index (χ0) is 20.4. The molecule has 2 heterocycles. The van der Waals surface area contributed by atoms with Crippen LogP contribution in [0.2, 0.25) is 0 Å². The van der Waals surface area contributed by atoms with Crippen molar-refractivity contribution < 1.29 is 18.1 Å². The van der Waals surface area contributed by atoms with Crippen LogP contribution >= 0.6 is 0 Å². The first kappa shape index (κ1) is 19.8. The maximum absolute atomic E-state index is 13.6. The molecule has 0 bridgehead atoms. The predicted molar refractivity (Wildman–Crippen MR) is 113 cm³/mol. The van der Waals surface area contributed by atoms with Gasteiger partial charge in [-0.05, 0) is 61.2 Å². The molecule has 1 aliphatic rings. The number of hydrogen-bond acceptors (Lipinski definition) is 3. The fraction of sp³-hybridized carbons (Fsp3) is 0.318. The summed E-state index contributed by atoms with van der Waals surface area (Å²) in [5, 5.41) is 3.84. The Labute approximate surface area is 171 Å². The Morgan fingerprint density at radius 3 is 2.83 bits per heavy atom. The number of H-pyrrole nitrogens is 1. The summed E-state index contributed by atoms with van der Waals surface area (Å²) in [6.45, 7) is 3.14. The molecule has 2 aromatic carbocycles. The van der Waals surface area contributed by atoms with Gasteiger partial charge in [0.05, 0.1) is 0 Å². The van der Waals surface area contributed by atoms with Gasteiger partial charge < -0.3 is 15.0 Å². The van der Waals surface area contributed by atoms with E-state index >= 15 is 0 Å². The molecule has 2 N–H and O–H groups in total. The minimum Gasteiger partial charge on any atom is -0.381 e. The molecule has 3 aromatic rings. The van der Waals surface area contributed by atoms with Crippen molar-refractivity contribution in [3.05, 3.63) is 65.1 Å². The van der Waals surface area contributed by atoms with Gasteiger partial charge in [0.2, 0.25) is 0 Å². The van der Waals surface area contributed by atoms with Gasteiger partial charge in [-0.2, -0.15) is 0 Å². The Hall–Kier alpha value is -2.51. The van der Waals surface area contributed by atoms with Crippen molar-refractivity contribution in [1.82, 2.24) is 4.98 Å². The second-order valence-electron chi connectivity index (χ2n) is 7.36. The van der Waals surface area contributed by atoms with Crippen molar-refractivity contribution in [1.29, 1.82) is 0 Å². The molecule has 0 aliphatic carbocycles. The van der Waals surface area contributed by atoms with Crippen LogP contribution in [0.1, 0.15) is 34.5 Å². The van der Waals surface area contributed by atoms with Gasteiger partial charge in [0.25, 0.3) is 5.91 Å². The van der Waals surface area contributed by atoms with E-state index in [0.717, 1.165) is 29.4 Å². The molecule has 5 nitrogen and oxygen atoms in total. The molecule has 152 valence electrons. The number of benzene rings is 2. The Morgan fingerprint density at radius 1 is 1.24 bits per heavy atom. The number of aryl methyl sites for hydroxylation is 1. The van der Waals surface area contributed by atoms with E-state index in [4.69, 9.17) is 4.74 Å². The van der Waals surface area contributed by atoms with Crippen molar-refractivity contribution in [2.75, 3.05) is 18.5 Å². The summed E-state index contributed by atoms with van der Waals surface area (Å²) in [5.41, 5.74) is 3.28. The number of amides is 1. The second-order valence-corrected chi connectivity index (χ2v) is 9.08. The molecule has 4 rings (SSSR count). The number of anilines is 1. The van der Waals surface area contributed by atoms with E-state index < -0.39 is 10.8 Å². The van der Waals surface area contributed by atoms with Crippen LogP contribution in [0.5, 0.6) is 0 Å². The minimum absolute atomic E-state index is 0.164. The van der Waals surface area contributed by atoms with E-state index in [1.54, 1.807) is 12.1 Å². The number of rotatable bonds is 5. The van der Waals surface area contributed by atoms with Gasteiger partial charge in [-0.25, -0.2) is 4.39 Å². The second kappa shape index (κ2) is 8.47. The molecule has 0 saturated carbocycles. The van der Waals surface area contributed by atoms with Crippen molar-refractivity contribution in [2.45, 2.75) is 30.8 Å². The van der Waals surface area contributed by atoms with Crippen LogP contribution in [0.25, 0.3) is 10.9 Å². The van der Waals surface area contributed by atoms with E-state index in [2.05, 4.69) is 10.3 Å². The highest BCUT2D eigenvalue weighted by Gasteiger charge is 2.20. The van der Waals surface area contributed by atoms with Crippen LogP contribution in [-0.4, -0.2) is 33.6 Å². The first-order valence-corrected chi connectivity index (χ1v) is 11.0. The molecule has 29 heavy (non-hydrogen) atoms. The highest BCUT2D eigenvalue weighted by molar-refractivity contribution is 7.84. The molecule has 0 spiro atoms. The zero-order valence-corrected chi connectivity index (χ0v) is 17.0.